The van der Waals surface area contributed by atoms with E-state index in [4.69, 9.17) is 0 Å². The number of nitrogens with zero attached hydrogens (tertiary/aromatic N) is 3. The Morgan fingerprint density at radius 3 is 2.68 bits per heavy atom. The molecule has 0 unspecified atom stereocenters. The van der Waals surface area contributed by atoms with Gasteiger partial charge < -0.3 is 10.2 Å². The summed E-state index contributed by atoms with van der Waals surface area (Å²) < 4.78 is 0. The Hall–Kier alpha value is -2.70. The maximum Gasteiger partial charge on any atom is 0.276 e. The van der Waals surface area contributed by atoms with Gasteiger partial charge in [-0.3, -0.25) is 9.59 Å². The van der Waals surface area contributed by atoms with Crippen molar-refractivity contribution in [3.8, 4) is 0 Å². The zero-order chi connectivity index (χ0) is 13.7. The van der Waals surface area contributed by atoms with Gasteiger partial charge in [-0.05, 0) is 12.1 Å². The van der Waals surface area contributed by atoms with Crippen molar-refractivity contribution >= 4 is 17.5 Å². The maximum absolute atomic E-state index is 11.8. The number of aromatic nitrogens is 3. The van der Waals surface area contributed by atoms with Crippen molar-refractivity contribution in [3.63, 3.8) is 0 Å². The molecule has 2 rings (SSSR count). The molecule has 0 aliphatic carbocycles. The van der Waals surface area contributed by atoms with Crippen LogP contribution in [0, 0.1) is 0 Å². The average molecular weight is 259 g/mol. The van der Waals surface area contributed by atoms with Gasteiger partial charge in [0.15, 0.2) is 5.69 Å². The summed E-state index contributed by atoms with van der Waals surface area (Å²) in [6.07, 6.45) is 1.31. The molecule has 0 saturated carbocycles. The van der Waals surface area contributed by atoms with E-state index in [0.717, 1.165) is 0 Å². The molecule has 0 aliphatic rings. The van der Waals surface area contributed by atoms with Gasteiger partial charge in [-0.1, -0.05) is 18.2 Å². The van der Waals surface area contributed by atoms with Gasteiger partial charge in [-0.2, -0.15) is 15.4 Å². The normalized spacial score (nSPS) is 9.95. The summed E-state index contributed by atoms with van der Waals surface area (Å²) in [5.41, 5.74) is 0.866. The van der Waals surface area contributed by atoms with E-state index in [2.05, 4.69) is 20.7 Å². The molecule has 0 spiro atoms. The number of likely N-dealkylation sites (N-methyl/N-ethyl adjacent to an activating group) is 1. The minimum Gasteiger partial charge on any atom is -0.331 e. The van der Waals surface area contributed by atoms with Crippen molar-refractivity contribution in [1.29, 1.82) is 0 Å². The second-order valence-corrected chi connectivity index (χ2v) is 3.93. The minimum atomic E-state index is -0.364. The fraction of sp³-hybridized carbons (Fsp3) is 0.167. The number of carbonyl (C=O) groups excluding carboxylic acids is 2. The molecule has 2 N–H and O–H groups in total. The highest BCUT2D eigenvalue weighted by Gasteiger charge is 2.16. The Labute approximate surface area is 109 Å². The number of rotatable bonds is 4. The Morgan fingerprint density at radius 1 is 1.32 bits per heavy atom. The molecule has 1 heterocycles. The summed E-state index contributed by atoms with van der Waals surface area (Å²) in [6, 6.07) is 9.05. The molecule has 0 atom stereocenters. The summed E-state index contributed by atoms with van der Waals surface area (Å²) in [4.78, 5) is 24.8. The fourth-order valence-corrected chi connectivity index (χ4v) is 1.51. The molecule has 1 aromatic carbocycles. The SMILES string of the molecule is CN(CC(=O)Nc1ccccc1)C(=O)c1cn[nH]n1. The van der Waals surface area contributed by atoms with Crippen LogP contribution in [0.1, 0.15) is 10.5 Å². The number of H-pyrrole nitrogens is 1. The Balaban J connectivity index is 1.90. The number of aromatic amines is 1. The lowest BCUT2D eigenvalue weighted by Crippen LogP contribution is -2.35. The molecule has 1 aromatic heterocycles. The molecular weight excluding hydrogens is 246 g/mol. The molecule has 0 saturated heterocycles. The quantitative estimate of drug-likeness (QED) is 0.837. The Morgan fingerprint density at radius 2 is 2.05 bits per heavy atom. The molecule has 0 aliphatic heterocycles. The predicted molar refractivity (Wildman–Crippen MR) is 68.4 cm³/mol. The summed E-state index contributed by atoms with van der Waals surface area (Å²) in [6.45, 7) is -0.0550. The molecule has 2 amide bonds. The first-order valence-corrected chi connectivity index (χ1v) is 5.63. The standard InChI is InChI=1S/C12H13N5O2/c1-17(12(19)10-7-13-16-15-10)8-11(18)14-9-5-3-2-4-6-9/h2-7H,8H2,1H3,(H,14,18)(H,13,15,16). The van der Waals surface area contributed by atoms with Crippen LogP contribution < -0.4 is 5.32 Å². The van der Waals surface area contributed by atoms with Gasteiger partial charge in [-0.25, -0.2) is 0 Å². The largest absolute Gasteiger partial charge is 0.331 e. The molecule has 7 nitrogen and oxygen atoms in total. The van der Waals surface area contributed by atoms with E-state index < -0.39 is 0 Å². The van der Waals surface area contributed by atoms with Gasteiger partial charge in [0, 0.05) is 12.7 Å². The first-order chi connectivity index (χ1) is 9.16. The lowest BCUT2D eigenvalue weighted by molar-refractivity contribution is -0.116. The molecule has 7 heteroatoms. The van der Waals surface area contributed by atoms with Crippen molar-refractivity contribution in [2.75, 3.05) is 18.9 Å². The average Bonchev–Trinajstić information content (AvgIpc) is 2.92. The number of hydrogen-bond donors (Lipinski definition) is 2. The molecule has 0 bridgehead atoms. The van der Waals surface area contributed by atoms with Crippen LogP contribution in [0.2, 0.25) is 0 Å². The number of para-hydroxylation sites is 1. The summed E-state index contributed by atoms with van der Waals surface area (Å²) in [5, 5.41) is 12.3. The van der Waals surface area contributed by atoms with Gasteiger partial charge >= 0.3 is 0 Å². The molecule has 0 fully saturated rings. The number of anilines is 1. The topological polar surface area (TPSA) is 91.0 Å². The third kappa shape index (κ3) is 3.38. The van der Waals surface area contributed by atoms with E-state index in [-0.39, 0.29) is 24.1 Å². The smallest absolute Gasteiger partial charge is 0.276 e. The molecular formula is C12H13N5O2. The second kappa shape index (κ2) is 5.76. The van der Waals surface area contributed by atoms with Gasteiger partial charge in [0.2, 0.25) is 5.91 Å². The number of nitrogens with one attached hydrogen (secondary N) is 2. The molecule has 0 radical (unpaired) electrons. The van der Waals surface area contributed by atoms with Crippen LogP contribution in [-0.4, -0.2) is 45.7 Å². The lowest BCUT2D eigenvalue weighted by Gasteiger charge is -2.15. The van der Waals surface area contributed by atoms with Crippen LogP contribution in [0.15, 0.2) is 36.5 Å². The molecule has 19 heavy (non-hydrogen) atoms. The van der Waals surface area contributed by atoms with Crippen molar-refractivity contribution in [2.24, 2.45) is 0 Å². The highest BCUT2D eigenvalue weighted by molar-refractivity contribution is 5.98. The molecule has 2 aromatic rings. The van der Waals surface area contributed by atoms with Crippen molar-refractivity contribution in [3.05, 3.63) is 42.2 Å². The number of benzene rings is 1. The second-order valence-electron chi connectivity index (χ2n) is 3.93. The zero-order valence-electron chi connectivity index (χ0n) is 10.3. The van der Waals surface area contributed by atoms with E-state index in [1.807, 2.05) is 18.2 Å². The van der Waals surface area contributed by atoms with Crippen LogP contribution >= 0.6 is 0 Å². The third-order valence-corrected chi connectivity index (χ3v) is 2.42. The van der Waals surface area contributed by atoms with E-state index in [1.165, 1.54) is 18.1 Å². The van der Waals surface area contributed by atoms with E-state index in [0.29, 0.717) is 5.69 Å². The van der Waals surface area contributed by atoms with E-state index in [1.54, 1.807) is 12.1 Å². The monoisotopic (exact) mass is 259 g/mol. The number of hydrogen-bond acceptors (Lipinski definition) is 4. The number of amides is 2. The van der Waals surface area contributed by atoms with Gasteiger partial charge in [0.05, 0.1) is 12.7 Å². The van der Waals surface area contributed by atoms with Crippen molar-refractivity contribution < 1.29 is 9.59 Å². The van der Waals surface area contributed by atoms with E-state index >= 15 is 0 Å². The van der Waals surface area contributed by atoms with Crippen LogP contribution in [0.5, 0.6) is 0 Å². The Bertz CT molecular complexity index is 553. The van der Waals surface area contributed by atoms with Crippen molar-refractivity contribution in [1.82, 2.24) is 20.3 Å². The van der Waals surface area contributed by atoms with Crippen LogP contribution in [0.4, 0.5) is 5.69 Å². The van der Waals surface area contributed by atoms with Crippen molar-refractivity contribution in [2.45, 2.75) is 0 Å². The summed E-state index contributed by atoms with van der Waals surface area (Å²) in [7, 11) is 1.53. The number of carbonyl (C=O) groups is 2. The first kappa shape index (κ1) is 12.7. The Kier molecular flexibility index (Phi) is 3.87. The zero-order valence-corrected chi connectivity index (χ0v) is 10.3. The first-order valence-electron chi connectivity index (χ1n) is 5.63. The van der Waals surface area contributed by atoms with Crippen LogP contribution in [0.3, 0.4) is 0 Å². The minimum absolute atomic E-state index is 0.0550. The highest BCUT2D eigenvalue weighted by atomic mass is 16.2. The van der Waals surface area contributed by atoms with Crippen LogP contribution in [0.25, 0.3) is 0 Å². The summed E-state index contributed by atoms with van der Waals surface area (Å²) in [5.74, 6) is -0.637. The van der Waals surface area contributed by atoms with Crippen LogP contribution in [-0.2, 0) is 4.79 Å². The fourth-order valence-electron chi connectivity index (χ4n) is 1.51. The third-order valence-electron chi connectivity index (χ3n) is 2.42. The maximum atomic E-state index is 11.8. The lowest BCUT2D eigenvalue weighted by atomic mass is 10.3. The predicted octanol–water partition coefficient (Wildman–Crippen LogP) is 0.515. The highest BCUT2D eigenvalue weighted by Crippen LogP contribution is 2.05. The summed E-state index contributed by atoms with van der Waals surface area (Å²) >= 11 is 0. The molecule has 98 valence electrons. The van der Waals surface area contributed by atoms with Gasteiger partial charge in [-0.15, -0.1) is 0 Å². The van der Waals surface area contributed by atoms with Gasteiger partial charge in [0.1, 0.15) is 0 Å². The van der Waals surface area contributed by atoms with E-state index in [9.17, 15) is 9.59 Å². The van der Waals surface area contributed by atoms with Gasteiger partial charge in [0.25, 0.3) is 5.91 Å².